The lowest BCUT2D eigenvalue weighted by Gasteiger charge is -2.10. The molecule has 4 aromatic rings. The van der Waals surface area contributed by atoms with Crippen LogP contribution in [0.2, 0.25) is 0 Å². The molecule has 0 spiro atoms. The molecule has 5 rings (SSSR count). The van der Waals surface area contributed by atoms with Crippen LogP contribution in [-0.2, 0) is 12.6 Å². The third-order valence-electron chi connectivity index (χ3n) is 5.58. The second-order valence-corrected chi connectivity index (χ2v) is 7.66. The number of amides is 1. The van der Waals surface area contributed by atoms with Crippen LogP contribution in [0.25, 0.3) is 22.4 Å². The summed E-state index contributed by atoms with van der Waals surface area (Å²) < 4.78 is 38.8. The molecule has 1 aliphatic carbocycles. The number of nitrogens with one attached hydrogen (secondary N) is 1. The van der Waals surface area contributed by atoms with Crippen molar-refractivity contribution in [2.24, 2.45) is 0 Å². The zero-order valence-electron chi connectivity index (χ0n) is 16.8. The van der Waals surface area contributed by atoms with Crippen molar-refractivity contribution in [1.29, 1.82) is 0 Å². The molecule has 1 aliphatic rings. The molecule has 3 nitrogen and oxygen atoms in total. The van der Waals surface area contributed by atoms with E-state index in [1.165, 1.54) is 16.7 Å². The Balaban J connectivity index is 1.33. The van der Waals surface area contributed by atoms with Crippen molar-refractivity contribution in [2.45, 2.75) is 12.6 Å². The van der Waals surface area contributed by atoms with E-state index in [2.05, 4.69) is 22.4 Å². The molecule has 1 N–H and O–H groups in total. The Kier molecular flexibility index (Phi) is 4.78. The zero-order valence-corrected chi connectivity index (χ0v) is 16.8. The van der Waals surface area contributed by atoms with Crippen LogP contribution in [-0.4, -0.2) is 10.9 Å². The van der Waals surface area contributed by atoms with Crippen molar-refractivity contribution in [1.82, 2.24) is 4.98 Å². The first-order chi connectivity index (χ1) is 15.4. The normalized spacial score (nSPS) is 12.2. The summed E-state index contributed by atoms with van der Waals surface area (Å²) in [7, 11) is 0. The van der Waals surface area contributed by atoms with E-state index in [1.807, 2.05) is 30.3 Å². The van der Waals surface area contributed by atoms with Crippen LogP contribution in [0.4, 0.5) is 18.9 Å². The number of halogens is 3. The minimum absolute atomic E-state index is 0.199. The molecule has 32 heavy (non-hydrogen) atoms. The van der Waals surface area contributed by atoms with Gasteiger partial charge >= 0.3 is 6.18 Å². The number of hydrogen-bond donors (Lipinski definition) is 1. The molecular weight excluding hydrogens is 413 g/mol. The van der Waals surface area contributed by atoms with Gasteiger partial charge in [0.1, 0.15) is 0 Å². The maximum atomic E-state index is 12.9. The Morgan fingerprint density at radius 2 is 1.59 bits per heavy atom. The Morgan fingerprint density at radius 3 is 2.38 bits per heavy atom. The van der Waals surface area contributed by atoms with E-state index in [0.717, 1.165) is 30.3 Å². The Bertz CT molecular complexity index is 1330. The predicted molar refractivity (Wildman–Crippen MR) is 117 cm³/mol. The largest absolute Gasteiger partial charge is 0.416 e. The number of rotatable bonds is 3. The van der Waals surface area contributed by atoms with Crippen molar-refractivity contribution < 1.29 is 18.0 Å². The molecule has 1 heterocycles. The third-order valence-corrected chi connectivity index (χ3v) is 5.58. The quantitative estimate of drug-likeness (QED) is 0.351. The second kappa shape index (κ2) is 7.64. The highest BCUT2D eigenvalue weighted by Crippen LogP contribution is 2.37. The predicted octanol–water partition coefficient (Wildman–Crippen LogP) is 6.59. The SMILES string of the molecule is O=C(Nc1ccc2c(c1)Cc1ccccc1-2)c1ccc(-c2cc(C(F)(F)F)ccn2)cc1. The number of hydrogen-bond acceptors (Lipinski definition) is 2. The monoisotopic (exact) mass is 430 g/mol. The Morgan fingerprint density at radius 1 is 0.844 bits per heavy atom. The van der Waals surface area contributed by atoms with E-state index >= 15 is 0 Å². The molecule has 0 fully saturated rings. The van der Waals surface area contributed by atoms with Crippen LogP contribution in [0.5, 0.6) is 0 Å². The molecule has 0 saturated carbocycles. The van der Waals surface area contributed by atoms with Gasteiger partial charge in [-0.05, 0) is 65.1 Å². The van der Waals surface area contributed by atoms with Crippen molar-refractivity contribution in [3.63, 3.8) is 0 Å². The highest BCUT2D eigenvalue weighted by molar-refractivity contribution is 6.04. The zero-order chi connectivity index (χ0) is 22.3. The van der Waals surface area contributed by atoms with Gasteiger partial charge in [0.25, 0.3) is 5.91 Å². The molecule has 0 saturated heterocycles. The molecule has 0 aliphatic heterocycles. The van der Waals surface area contributed by atoms with Crippen LogP contribution in [0, 0.1) is 0 Å². The number of anilines is 1. The van der Waals surface area contributed by atoms with Gasteiger partial charge in [-0.2, -0.15) is 13.2 Å². The molecule has 1 aromatic heterocycles. The van der Waals surface area contributed by atoms with E-state index in [-0.39, 0.29) is 11.6 Å². The molecule has 0 unspecified atom stereocenters. The van der Waals surface area contributed by atoms with Gasteiger partial charge in [0, 0.05) is 23.0 Å². The van der Waals surface area contributed by atoms with E-state index in [0.29, 0.717) is 16.8 Å². The first-order valence-electron chi connectivity index (χ1n) is 10.0. The number of aromatic nitrogens is 1. The van der Waals surface area contributed by atoms with Crippen molar-refractivity contribution in [3.8, 4) is 22.4 Å². The van der Waals surface area contributed by atoms with Gasteiger partial charge in [-0.1, -0.05) is 42.5 Å². The molecule has 1 amide bonds. The van der Waals surface area contributed by atoms with Crippen molar-refractivity contribution in [3.05, 3.63) is 107 Å². The average Bonchev–Trinajstić information content (AvgIpc) is 3.16. The molecular formula is C26H17F3N2O. The maximum absolute atomic E-state index is 12.9. The summed E-state index contributed by atoms with van der Waals surface area (Å²) >= 11 is 0. The van der Waals surface area contributed by atoms with Crippen LogP contribution < -0.4 is 5.32 Å². The van der Waals surface area contributed by atoms with Crippen LogP contribution in [0.15, 0.2) is 85.1 Å². The highest BCUT2D eigenvalue weighted by atomic mass is 19.4. The lowest BCUT2D eigenvalue weighted by molar-refractivity contribution is -0.137. The Hall–Kier alpha value is -3.93. The second-order valence-electron chi connectivity index (χ2n) is 7.66. The fraction of sp³-hybridized carbons (Fsp3) is 0.0769. The number of nitrogens with zero attached hydrogens (tertiary/aromatic N) is 1. The summed E-state index contributed by atoms with van der Waals surface area (Å²) in [5.41, 5.74) is 5.88. The topological polar surface area (TPSA) is 42.0 Å². The van der Waals surface area contributed by atoms with Gasteiger partial charge in [-0.3, -0.25) is 9.78 Å². The molecule has 6 heteroatoms. The van der Waals surface area contributed by atoms with Crippen molar-refractivity contribution >= 4 is 11.6 Å². The third kappa shape index (κ3) is 3.75. The molecule has 0 radical (unpaired) electrons. The number of carbonyl (C=O) groups excluding carboxylic acids is 1. The lowest BCUT2D eigenvalue weighted by Crippen LogP contribution is -2.12. The van der Waals surface area contributed by atoms with Gasteiger partial charge in [0.15, 0.2) is 0 Å². The van der Waals surface area contributed by atoms with Gasteiger partial charge in [-0.15, -0.1) is 0 Å². The fourth-order valence-electron chi connectivity index (χ4n) is 3.98. The van der Waals surface area contributed by atoms with E-state index in [9.17, 15) is 18.0 Å². The number of benzene rings is 3. The van der Waals surface area contributed by atoms with E-state index < -0.39 is 11.7 Å². The summed E-state index contributed by atoms with van der Waals surface area (Å²) in [5, 5.41) is 2.90. The van der Waals surface area contributed by atoms with E-state index in [4.69, 9.17) is 0 Å². The summed E-state index contributed by atoms with van der Waals surface area (Å²) in [5.74, 6) is -0.288. The van der Waals surface area contributed by atoms with Gasteiger partial charge in [-0.25, -0.2) is 0 Å². The maximum Gasteiger partial charge on any atom is 0.416 e. The summed E-state index contributed by atoms with van der Waals surface area (Å²) in [6.45, 7) is 0. The average molecular weight is 430 g/mol. The van der Waals surface area contributed by atoms with Crippen LogP contribution in [0.3, 0.4) is 0 Å². The molecule has 158 valence electrons. The van der Waals surface area contributed by atoms with Gasteiger partial charge in [0.05, 0.1) is 11.3 Å². The molecule has 3 aromatic carbocycles. The minimum Gasteiger partial charge on any atom is -0.322 e. The van der Waals surface area contributed by atoms with Crippen LogP contribution in [0.1, 0.15) is 27.0 Å². The molecule has 0 bridgehead atoms. The van der Waals surface area contributed by atoms with Crippen molar-refractivity contribution in [2.75, 3.05) is 5.32 Å². The number of pyridine rings is 1. The minimum atomic E-state index is -4.44. The first-order valence-corrected chi connectivity index (χ1v) is 10.0. The summed E-state index contributed by atoms with van der Waals surface area (Å²) in [4.78, 5) is 16.7. The fourth-order valence-corrected chi connectivity index (χ4v) is 3.98. The van der Waals surface area contributed by atoms with Gasteiger partial charge < -0.3 is 5.32 Å². The van der Waals surface area contributed by atoms with Crippen LogP contribution >= 0.6 is 0 Å². The number of alkyl halides is 3. The number of fused-ring (bicyclic) bond motifs is 3. The first kappa shape index (κ1) is 20.0. The standard InChI is InChI=1S/C26H17F3N2O/c27-26(28,29)20-11-12-30-24(15-20)16-5-7-17(8-6-16)25(32)31-21-9-10-23-19(14-21)13-18-3-1-2-4-22(18)23/h1-12,14-15H,13H2,(H,31,32). The highest BCUT2D eigenvalue weighted by Gasteiger charge is 2.30. The smallest absolute Gasteiger partial charge is 0.322 e. The van der Waals surface area contributed by atoms with Gasteiger partial charge in [0.2, 0.25) is 0 Å². The lowest BCUT2D eigenvalue weighted by atomic mass is 10.0. The summed E-state index contributed by atoms with van der Waals surface area (Å²) in [6, 6.07) is 22.4. The summed E-state index contributed by atoms with van der Waals surface area (Å²) in [6.07, 6.45) is -2.48. The van der Waals surface area contributed by atoms with E-state index in [1.54, 1.807) is 24.3 Å². The molecule has 0 atom stereocenters. The number of carbonyl (C=O) groups is 1. The Labute approximate surface area is 182 Å².